The Morgan fingerprint density at radius 2 is 1.90 bits per heavy atom. The molecule has 0 spiro atoms. The molecule has 0 aliphatic rings. The molecule has 1 aromatic heterocycles. The number of amides is 1. The SMILES string of the molecule is Cc1noc(C)c1S(=O)(=O)Nc1ccc(CC(N)=O)cc1. The van der Waals surface area contributed by atoms with E-state index in [1.54, 1.807) is 31.2 Å². The van der Waals surface area contributed by atoms with Crippen molar-refractivity contribution in [3.8, 4) is 0 Å². The van der Waals surface area contributed by atoms with E-state index in [-0.39, 0.29) is 17.1 Å². The Hall–Kier alpha value is -2.35. The Kier molecular flexibility index (Phi) is 3.99. The molecule has 7 nitrogen and oxygen atoms in total. The predicted octanol–water partition coefficient (Wildman–Crippen LogP) is 1.12. The summed E-state index contributed by atoms with van der Waals surface area (Å²) in [6, 6.07) is 6.40. The second-order valence-corrected chi connectivity index (χ2v) is 6.22. The van der Waals surface area contributed by atoms with Gasteiger partial charge in [-0.25, -0.2) is 8.42 Å². The molecule has 112 valence electrons. The fourth-order valence-corrected chi connectivity index (χ4v) is 3.35. The third-order valence-electron chi connectivity index (χ3n) is 2.82. The largest absolute Gasteiger partial charge is 0.369 e. The van der Waals surface area contributed by atoms with Crippen molar-refractivity contribution in [2.24, 2.45) is 5.73 Å². The summed E-state index contributed by atoms with van der Waals surface area (Å²) < 4.78 is 31.9. The van der Waals surface area contributed by atoms with Crippen molar-refractivity contribution in [3.05, 3.63) is 41.3 Å². The molecule has 1 amide bonds. The van der Waals surface area contributed by atoms with Gasteiger partial charge in [-0.2, -0.15) is 0 Å². The summed E-state index contributed by atoms with van der Waals surface area (Å²) in [5.41, 5.74) is 6.48. The summed E-state index contributed by atoms with van der Waals surface area (Å²) in [5.74, 6) is -0.218. The molecule has 0 atom stereocenters. The first-order chi connectivity index (χ1) is 9.79. The zero-order chi connectivity index (χ0) is 15.6. The van der Waals surface area contributed by atoms with Crippen LogP contribution in [0.2, 0.25) is 0 Å². The molecule has 2 rings (SSSR count). The van der Waals surface area contributed by atoms with Gasteiger partial charge in [0.25, 0.3) is 10.0 Å². The Labute approximate surface area is 122 Å². The zero-order valence-corrected chi connectivity index (χ0v) is 12.4. The van der Waals surface area contributed by atoms with Crippen LogP contribution in [0.15, 0.2) is 33.7 Å². The molecule has 0 aliphatic heterocycles. The molecule has 0 radical (unpaired) electrons. The summed E-state index contributed by atoms with van der Waals surface area (Å²) in [6.45, 7) is 3.09. The van der Waals surface area contributed by atoms with E-state index >= 15 is 0 Å². The van der Waals surface area contributed by atoms with Crippen LogP contribution in [0.5, 0.6) is 0 Å². The van der Waals surface area contributed by atoms with Gasteiger partial charge in [0.1, 0.15) is 5.69 Å². The van der Waals surface area contributed by atoms with Crippen molar-refractivity contribution < 1.29 is 17.7 Å². The number of aryl methyl sites for hydroxylation is 2. The third-order valence-corrected chi connectivity index (χ3v) is 4.45. The molecule has 3 N–H and O–H groups in total. The highest BCUT2D eigenvalue weighted by Crippen LogP contribution is 2.22. The average Bonchev–Trinajstić information content (AvgIpc) is 2.71. The van der Waals surface area contributed by atoms with E-state index in [1.807, 2.05) is 0 Å². The van der Waals surface area contributed by atoms with Gasteiger partial charge < -0.3 is 10.3 Å². The van der Waals surface area contributed by atoms with Gasteiger partial charge in [-0.1, -0.05) is 17.3 Å². The number of hydrogen-bond donors (Lipinski definition) is 2. The molecule has 0 aliphatic carbocycles. The number of carbonyl (C=O) groups excluding carboxylic acids is 1. The van der Waals surface area contributed by atoms with Crippen LogP contribution < -0.4 is 10.5 Å². The number of sulfonamides is 1. The lowest BCUT2D eigenvalue weighted by atomic mass is 10.1. The van der Waals surface area contributed by atoms with Gasteiger partial charge in [0.05, 0.1) is 6.42 Å². The second-order valence-electron chi connectivity index (χ2n) is 4.60. The number of hydrogen-bond acceptors (Lipinski definition) is 5. The fourth-order valence-electron chi connectivity index (χ4n) is 1.96. The van der Waals surface area contributed by atoms with Crippen molar-refractivity contribution in [2.75, 3.05) is 4.72 Å². The standard InChI is InChI=1S/C13H15N3O4S/c1-8-13(9(2)20-15-8)21(18,19)16-11-5-3-10(4-6-11)7-12(14)17/h3-6,16H,7H2,1-2H3,(H2,14,17). The van der Waals surface area contributed by atoms with E-state index in [2.05, 4.69) is 9.88 Å². The minimum atomic E-state index is -3.77. The molecular formula is C13H15N3O4S. The first kappa shape index (κ1) is 15.0. The van der Waals surface area contributed by atoms with E-state index in [4.69, 9.17) is 10.3 Å². The van der Waals surface area contributed by atoms with Crippen LogP contribution >= 0.6 is 0 Å². The average molecular weight is 309 g/mol. The number of primary amides is 1. The van der Waals surface area contributed by atoms with Crippen molar-refractivity contribution in [3.63, 3.8) is 0 Å². The highest BCUT2D eigenvalue weighted by molar-refractivity contribution is 7.92. The van der Waals surface area contributed by atoms with Crippen LogP contribution in [0, 0.1) is 13.8 Å². The molecule has 0 bridgehead atoms. The smallest absolute Gasteiger partial charge is 0.267 e. The highest BCUT2D eigenvalue weighted by atomic mass is 32.2. The summed E-state index contributed by atoms with van der Waals surface area (Å²) in [5, 5.41) is 3.63. The Bertz CT molecular complexity index is 744. The molecule has 0 unspecified atom stereocenters. The summed E-state index contributed by atoms with van der Waals surface area (Å²) in [6.07, 6.45) is 0.108. The van der Waals surface area contributed by atoms with Crippen LogP contribution in [0.25, 0.3) is 0 Å². The molecular weight excluding hydrogens is 294 g/mol. The lowest BCUT2D eigenvalue weighted by molar-refractivity contribution is -0.117. The maximum atomic E-state index is 12.3. The van der Waals surface area contributed by atoms with Crippen LogP contribution in [-0.4, -0.2) is 19.5 Å². The molecule has 1 heterocycles. The Balaban J connectivity index is 2.23. The third kappa shape index (κ3) is 3.40. The number of benzene rings is 1. The molecule has 0 saturated carbocycles. The molecule has 0 saturated heterocycles. The molecule has 0 fully saturated rings. The van der Waals surface area contributed by atoms with Crippen molar-refractivity contribution in [2.45, 2.75) is 25.2 Å². The first-order valence-electron chi connectivity index (χ1n) is 6.12. The quantitative estimate of drug-likeness (QED) is 0.858. The lowest BCUT2D eigenvalue weighted by Crippen LogP contribution is -2.15. The molecule has 1 aromatic carbocycles. The molecule has 21 heavy (non-hydrogen) atoms. The maximum Gasteiger partial charge on any atom is 0.267 e. The van der Waals surface area contributed by atoms with E-state index in [9.17, 15) is 13.2 Å². The minimum absolute atomic E-state index is 0.0312. The van der Waals surface area contributed by atoms with Crippen molar-refractivity contribution >= 4 is 21.6 Å². The predicted molar refractivity (Wildman–Crippen MR) is 76.1 cm³/mol. The van der Waals surface area contributed by atoms with Gasteiger partial charge in [0.2, 0.25) is 5.91 Å². The number of nitrogens with two attached hydrogens (primary N) is 1. The van der Waals surface area contributed by atoms with E-state index in [0.29, 0.717) is 16.9 Å². The van der Waals surface area contributed by atoms with Crippen LogP contribution in [0.1, 0.15) is 17.0 Å². The van der Waals surface area contributed by atoms with Crippen molar-refractivity contribution in [1.82, 2.24) is 5.16 Å². The lowest BCUT2D eigenvalue weighted by Gasteiger charge is -2.08. The highest BCUT2D eigenvalue weighted by Gasteiger charge is 2.24. The summed E-state index contributed by atoms with van der Waals surface area (Å²) in [4.78, 5) is 10.8. The molecule has 8 heteroatoms. The van der Waals surface area contributed by atoms with Gasteiger partial charge in [0.15, 0.2) is 10.7 Å². The fraction of sp³-hybridized carbons (Fsp3) is 0.231. The Morgan fingerprint density at radius 3 is 2.38 bits per heavy atom. The number of anilines is 1. The topological polar surface area (TPSA) is 115 Å². The van der Waals surface area contributed by atoms with E-state index in [0.717, 1.165) is 0 Å². The maximum absolute atomic E-state index is 12.3. The zero-order valence-electron chi connectivity index (χ0n) is 11.6. The number of carbonyl (C=O) groups is 1. The van der Waals surface area contributed by atoms with Gasteiger partial charge >= 0.3 is 0 Å². The summed E-state index contributed by atoms with van der Waals surface area (Å²) >= 11 is 0. The van der Waals surface area contributed by atoms with Crippen LogP contribution in [0.3, 0.4) is 0 Å². The number of nitrogens with one attached hydrogen (secondary N) is 1. The van der Waals surface area contributed by atoms with Gasteiger partial charge in [-0.05, 0) is 31.5 Å². The van der Waals surface area contributed by atoms with E-state index < -0.39 is 15.9 Å². The number of nitrogens with zero attached hydrogens (tertiary/aromatic N) is 1. The molecule has 2 aromatic rings. The van der Waals surface area contributed by atoms with Gasteiger partial charge in [-0.15, -0.1) is 0 Å². The Morgan fingerprint density at radius 1 is 1.29 bits per heavy atom. The summed E-state index contributed by atoms with van der Waals surface area (Å²) in [7, 11) is -3.77. The van der Waals surface area contributed by atoms with Crippen LogP contribution in [0.4, 0.5) is 5.69 Å². The van der Waals surface area contributed by atoms with Gasteiger partial charge in [0, 0.05) is 5.69 Å². The van der Waals surface area contributed by atoms with Gasteiger partial charge in [-0.3, -0.25) is 9.52 Å². The number of rotatable bonds is 5. The number of aromatic nitrogens is 1. The van der Waals surface area contributed by atoms with E-state index in [1.165, 1.54) is 6.92 Å². The second kappa shape index (κ2) is 5.57. The first-order valence-corrected chi connectivity index (χ1v) is 7.61. The van der Waals surface area contributed by atoms with Crippen LogP contribution in [-0.2, 0) is 21.2 Å². The van der Waals surface area contributed by atoms with Crippen molar-refractivity contribution in [1.29, 1.82) is 0 Å². The monoisotopic (exact) mass is 309 g/mol. The normalized spacial score (nSPS) is 11.3. The minimum Gasteiger partial charge on any atom is -0.369 e.